The van der Waals surface area contributed by atoms with Crippen molar-refractivity contribution in [2.75, 3.05) is 0 Å². The molecule has 1 aliphatic rings. The van der Waals surface area contributed by atoms with Crippen molar-refractivity contribution in [1.29, 1.82) is 0 Å². The predicted molar refractivity (Wildman–Crippen MR) is 79.7 cm³/mol. The fourth-order valence-electron chi connectivity index (χ4n) is 1.86. The average molecular weight is 309 g/mol. The fraction of sp³-hybridized carbons (Fsp3) is 0.429. The third-order valence-corrected chi connectivity index (χ3v) is 5.11. The van der Waals surface area contributed by atoms with Crippen LogP contribution in [0.2, 0.25) is 0 Å². The highest BCUT2D eigenvalue weighted by molar-refractivity contribution is 8.01. The van der Waals surface area contributed by atoms with Gasteiger partial charge >= 0.3 is 0 Å². The van der Waals surface area contributed by atoms with Crippen LogP contribution >= 0.6 is 23.3 Å². The second-order valence-electron chi connectivity index (χ2n) is 4.82. The molecule has 1 N–H and O–H groups in total. The first-order chi connectivity index (χ1) is 9.76. The molecule has 1 aromatic carbocycles. The molecule has 1 heterocycles. The van der Waals surface area contributed by atoms with E-state index < -0.39 is 0 Å². The Bertz CT molecular complexity index is 596. The largest absolute Gasteiger partial charge is 0.310 e. The number of rotatable bonds is 6. The molecule has 1 saturated carbocycles. The van der Waals surface area contributed by atoms with Crippen LogP contribution in [-0.2, 0) is 13.0 Å². The molecule has 0 bridgehead atoms. The summed E-state index contributed by atoms with van der Waals surface area (Å²) in [5.74, 6) is 0.643. The Balaban J connectivity index is 1.78. The minimum Gasteiger partial charge on any atom is -0.310 e. The van der Waals surface area contributed by atoms with E-state index in [1.807, 2.05) is 13.0 Å². The first-order valence-corrected chi connectivity index (χ1v) is 8.36. The molecule has 1 aliphatic carbocycles. The maximum absolute atomic E-state index is 14.1. The lowest BCUT2D eigenvalue weighted by Gasteiger charge is -2.09. The van der Waals surface area contributed by atoms with E-state index >= 15 is 0 Å². The van der Waals surface area contributed by atoms with Gasteiger partial charge in [0.25, 0.3) is 0 Å². The quantitative estimate of drug-likeness (QED) is 0.884. The lowest BCUT2D eigenvalue weighted by atomic mass is 10.2. The van der Waals surface area contributed by atoms with Crippen molar-refractivity contribution >= 4 is 23.3 Å². The summed E-state index contributed by atoms with van der Waals surface area (Å²) < 4.78 is 19.1. The van der Waals surface area contributed by atoms with Crippen LogP contribution < -0.4 is 5.32 Å². The van der Waals surface area contributed by atoms with Crippen molar-refractivity contribution in [3.05, 3.63) is 35.4 Å². The first kappa shape index (κ1) is 14.0. The molecule has 1 fully saturated rings. The van der Waals surface area contributed by atoms with Gasteiger partial charge in [0, 0.05) is 19.0 Å². The smallest absolute Gasteiger partial charge is 0.174 e. The Morgan fingerprint density at radius 2 is 2.30 bits per heavy atom. The highest BCUT2D eigenvalue weighted by Gasteiger charge is 2.21. The molecule has 0 saturated heterocycles. The highest BCUT2D eigenvalue weighted by Crippen LogP contribution is 2.34. The van der Waals surface area contributed by atoms with Gasteiger partial charge in [0.1, 0.15) is 11.6 Å². The van der Waals surface area contributed by atoms with Crippen molar-refractivity contribution < 1.29 is 4.39 Å². The monoisotopic (exact) mass is 309 g/mol. The van der Waals surface area contributed by atoms with Crippen LogP contribution in [0.4, 0.5) is 4.39 Å². The lowest BCUT2D eigenvalue weighted by molar-refractivity contribution is 0.589. The Kier molecular flexibility index (Phi) is 4.33. The van der Waals surface area contributed by atoms with E-state index in [9.17, 15) is 4.39 Å². The number of nitrogens with one attached hydrogen (secondary N) is 1. The molecule has 106 valence electrons. The van der Waals surface area contributed by atoms with E-state index in [0.29, 0.717) is 17.5 Å². The summed E-state index contributed by atoms with van der Waals surface area (Å²) in [6.45, 7) is 2.73. The third-order valence-electron chi connectivity index (χ3n) is 3.16. The average Bonchev–Trinajstić information content (AvgIpc) is 3.17. The molecule has 3 rings (SSSR count). The molecule has 2 aromatic rings. The Morgan fingerprint density at radius 1 is 1.45 bits per heavy atom. The van der Waals surface area contributed by atoms with Crippen molar-refractivity contribution in [2.45, 2.75) is 48.0 Å². The minimum atomic E-state index is -0.182. The summed E-state index contributed by atoms with van der Waals surface area (Å²) in [5.41, 5.74) is 0.996. The van der Waals surface area contributed by atoms with Crippen LogP contribution in [0.1, 0.15) is 31.2 Å². The number of hydrogen-bond donors (Lipinski definition) is 1. The number of benzene rings is 1. The normalized spacial score (nSPS) is 14.7. The standard InChI is InChI=1S/C14H16FN3S2/c1-2-12-17-14(20-18-12)19-13-9(4-3-5-11(13)15)8-16-10-6-7-10/h3-5,10,16H,2,6-8H2,1H3. The van der Waals surface area contributed by atoms with Gasteiger partial charge in [0.2, 0.25) is 0 Å². The molecule has 0 unspecified atom stereocenters. The highest BCUT2D eigenvalue weighted by atomic mass is 32.2. The Hall–Kier alpha value is -0.980. The molecular formula is C14H16FN3S2. The van der Waals surface area contributed by atoms with E-state index in [-0.39, 0.29) is 5.82 Å². The van der Waals surface area contributed by atoms with Crippen molar-refractivity contribution in [1.82, 2.24) is 14.7 Å². The van der Waals surface area contributed by atoms with Crippen LogP contribution in [-0.4, -0.2) is 15.4 Å². The van der Waals surface area contributed by atoms with Crippen LogP contribution in [0, 0.1) is 5.82 Å². The molecule has 20 heavy (non-hydrogen) atoms. The Morgan fingerprint density at radius 3 is 3.00 bits per heavy atom. The van der Waals surface area contributed by atoms with E-state index in [4.69, 9.17) is 0 Å². The summed E-state index contributed by atoms with van der Waals surface area (Å²) in [6, 6.07) is 5.86. The van der Waals surface area contributed by atoms with Gasteiger partial charge in [0.15, 0.2) is 4.34 Å². The molecular weight excluding hydrogens is 293 g/mol. The molecule has 1 aromatic heterocycles. The summed E-state index contributed by atoms with van der Waals surface area (Å²) in [6.07, 6.45) is 3.27. The molecule has 0 radical (unpaired) electrons. The van der Waals surface area contributed by atoms with Gasteiger partial charge in [-0.15, -0.1) is 0 Å². The van der Waals surface area contributed by atoms with E-state index in [1.165, 1.54) is 42.2 Å². The van der Waals surface area contributed by atoms with E-state index in [2.05, 4.69) is 14.7 Å². The van der Waals surface area contributed by atoms with Crippen molar-refractivity contribution in [3.8, 4) is 0 Å². The lowest BCUT2D eigenvalue weighted by Crippen LogP contribution is -2.16. The summed E-state index contributed by atoms with van der Waals surface area (Å²) in [7, 11) is 0. The van der Waals surface area contributed by atoms with Gasteiger partial charge in [-0.25, -0.2) is 9.37 Å². The van der Waals surface area contributed by atoms with Crippen molar-refractivity contribution in [2.24, 2.45) is 0 Å². The zero-order valence-electron chi connectivity index (χ0n) is 11.2. The maximum Gasteiger partial charge on any atom is 0.174 e. The minimum absolute atomic E-state index is 0.182. The topological polar surface area (TPSA) is 37.8 Å². The second-order valence-corrected chi connectivity index (χ2v) is 6.82. The fourth-order valence-corrected chi connectivity index (χ4v) is 3.63. The van der Waals surface area contributed by atoms with Crippen LogP contribution in [0.3, 0.4) is 0 Å². The third kappa shape index (κ3) is 3.37. The molecule has 6 heteroatoms. The van der Waals surface area contributed by atoms with Crippen molar-refractivity contribution in [3.63, 3.8) is 0 Å². The zero-order chi connectivity index (χ0) is 13.9. The number of aryl methyl sites for hydroxylation is 1. The first-order valence-electron chi connectivity index (χ1n) is 6.77. The van der Waals surface area contributed by atoms with Crippen LogP contribution in [0.15, 0.2) is 27.4 Å². The van der Waals surface area contributed by atoms with Crippen LogP contribution in [0.5, 0.6) is 0 Å². The van der Waals surface area contributed by atoms with Gasteiger partial charge in [-0.3, -0.25) is 0 Å². The van der Waals surface area contributed by atoms with E-state index in [1.54, 1.807) is 6.07 Å². The predicted octanol–water partition coefficient (Wildman–Crippen LogP) is 3.64. The van der Waals surface area contributed by atoms with Crippen LogP contribution in [0.25, 0.3) is 0 Å². The van der Waals surface area contributed by atoms with E-state index in [0.717, 1.165) is 22.1 Å². The SMILES string of the molecule is CCc1nsc(Sc2c(F)cccc2CNC2CC2)n1. The molecule has 0 aliphatic heterocycles. The number of halogens is 1. The molecule has 0 spiro atoms. The van der Waals surface area contributed by atoms with Gasteiger partial charge in [-0.05, 0) is 36.0 Å². The van der Waals surface area contributed by atoms with Gasteiger partial charge < -0.3 is 5.32 Å². The second kappa shape index (κ2) is 6.20. The Labute approximate surface area is 126 Å². The number of hydrogen-bond acceptors (Lipinski definition) is 5. The van der Waals surface area contributed by atoms with Gasteiger partial charge in [0.05, 0.1) is 4.90 Å². The number of nitrogens with zero attached hydrogens (tertiary/aromatic N) is 2. The number of aromatic nitrogens is 2. The molecule has 3 nitrogen and oxygen atoms in total. The summed E-state index contributed by atoms with van der Waals surface area (Å²) >= 11 is 2.72. The maximum atomic E-state index is 14.1. The molecule has 0 atom stereocenters. The summed E-state index contributed by atoms with van der Waals surface area (Å²) in [4.78, 5) is 5.06. The zero-order valence-corrected chi connectivity index (χ0v) is 12.9. The summed E-state index contributed by atoms with van der Waals surface area (Å²) in [5, 5.41) is 3.43. The molecule has 0 amide bonds. The van der Waals surface area contributed by atoms with Gasteiger partial charge in [-0.2, -0.15) is 4.37 Å². The van der Waals surface area contributed by atoms with Gasteiger partial charge in [-0.1, -0.05) is 30.8 Å².